The molecule has 1 saturated heterocycles. The Kier molecular flexibility index (Phi) is 32.7. The summed E-state index contributed by atoms with van der Waals surface area (Å²) in [4.78, 5) is 157. The number of aromatic nitrogens is 7. The Morgan fingerprint density at radius 2 is 1.19 bits per heavy atom. The van der Waals surface area contributed by atoms with E-state index in [-0.39, 0.29) is 121 Å². The maximum Gasteiger partial charge on any atom is 0.509 e. The van der Waals surface area contributed by atoms with Crippen molar-refractivity contribution in [2.24, 2.45) is 17.8 Å². The third-order valence-corrected chi connectivity index (χ3v) is 22.4. The number of esters is 3. The van der Waals surface area contributed by atoms with Crippen molar-refractivity contribution in [1.82, 2.24) is 54.9 Å². The number of pyridine rings is 4. The quantitative estimate of drug-likeness (QED) is 0.0132. The summed E-state index contributed by atoms with van der Waals surface area (Å²) in [5.74, 6) is -1.93. The van der Waals surface area contributed by atoms with Gasteiger partial charge in [0.1, 0.15) is 50.2 Å². The third-order valence-electron chi connectivity index (χ3n) is 22.4. The molecule has 0 spiro atoms. The number of ketones is 1. The van der Waals surface area contributed by atoms with Crippen LogP contribution < -0.4 is 27.1 Å². The molecule has 1 aliphatic carbocycles. The molecule has 1 saturated carbocycles. The maximum absolute atomic E-state index is 13.6. The van der Waals surface area contributed by atoms with Gasteiger partial charge < -0.3 is 77.9 Å². The van der Waals surface area contributed by atoms with Crippen LogP contribution in [0, 0.1) is 24.7 Å². The van der Waals surface area contributed by atoms with Gasteiger partial charge in [-0.15, -0.1) is 5.10 Å². The fraction of sp³-hybridized carbons (Fsp3) is 0.489. The van der Waals surface area contributed by atoms with Crippen LogP contribution in [0.5, 0.6) is 11.5 Å². The molecule has 2 fully saturated rings. The van der Waals surface area contributed by atoms with Gasteiger partial charge in [0.15, 0.2) is 5.78 Å². The first-order chi connectivity index (χ1) is 59.5. The first-order valence-electron chi connectivity index (χ1n) is 42.3. The molecule has 6 aliphatic rings. The number of rotatable bonds is 28. The van der Waals surface area contributed by atoms with Crippen LogP contribution in [0.4, 0.5) is 9.59 Å². The van der Waals surface area contributed by atoms with E-state index in [1.165, 1.54) is 17.4 Å². The van der Waals surface area contributed by atoms with Crippen molar-refractivity contribution >= 4 is 81.4 Å². The highest BCUT2D eigenvalue weighted by Gasteiger charge is 2.53. The number of amides is 5. The van der Waals surface area contributed by atoms with E-state index < -0.39 is 35.3 Å². The Morgan fingerprint density at radius 3 is 1.68 bits per heavy atom. The number of ether oxygens (including phenoxy) is 9. The van der Waals surface area contributed by atoms with Crippen molar-refractivity contribution in [1.29, 1.82) is 0 Å². The molecular weight excluding hydrogens is 1600 g/mol. The number of likely N-dealkylation sites (tertiary alicyclic amines) is 1. The van der Waals surface area contributed by atoms with Gasteiger partial charge >= 0.3 is 30.2 Å². The molecular formula is C90H111N11O23. The average Bonchev–Trinajstić information content (AvgIpc) is 1.51. The van der Waals surface area contributed by atoms with Crippen molar-refractivity contribution in [3.63, 3.8) is 0 Å². The number of Topliss-reactive ketones (excluding diaryl/α,β-unsaturated/α-hetero) is 1. The van der Waals surface area contributed by atoms with E-state index in [2.05, 4.69) is 26.3 Å². The molecule has 0 bridgehead atoms. The summed E-state index contributed by atoms with van der Waals surface area (Å²) < 4.78 is 51.6. The Hall–Kier alpha value is -12.3. The molecule has 5 N–H and O–H groups in total. The molecule has 664 valence electrons. The van der Waals surface area contributed by atoms with Crippen LogP contribution in [-0.4, -0.2) is 175 Å². The van der Waals surface area contributed by atoms with Crippen molar-refractivity contribution < 1.29 is 101 Å². The Morgan fingerprint density at radius 1 is 0.621 bits per heavy atom. The van der Waals surface area contributed by atoms with Crippen LogP contribution in [0.1, 0.15) is 189 Å². The summed E-state index contributed by atoms with van der Waals surface area (Å²) in [7, 11) is 0. The lowest BCUT2D eigenvalue weighted by Crippen LogP contribution is -2.47. The lowest BCUT2D eigenvalue weighted by atomic mass is 9.81. The van der Waals surface area contributed by atoms with E-state index in [1.54, 1.807) is 97.0 Å². The molecule has 8 aromatic rings. The number of phenolic OH excluding ortho intramolecular Hbond substituents is 2. The maximum atomic E-state index is 13.6. The molecule has 34 heteroatoms. The molecule has 5 aromatic heterocycles. The minimum absolute atomic E-state index is 0.00336. The predicted molar refractivity (Wildman–Crippen MR) is 452 cm³/mol. The number of carbonyl (C=O) groups excluding carboxylic acids is 10. The Bertz CT molecular complexity index is 5400. The monoisotopic (exact) mass is 1710 g/mol. The topological polar surface area (TPSA) is 434 Å². The number of cyclic esters (lactones) is 2. The first kappa shape index (κ1) is 94.0. The van der Waals surface area contributed by atoms with Crippen LogP contribution in [0.25, 0.3) is 44.6 Å². The van der Waals surface area contributed by atoms with Crippen LogP contribution in [0.2, 0.25) is 0 Å². The molecule has 3 atom stereocenters. The van der Waals surface area contributed by atoms with Gasteiger partial charge in [-0.05, 0) is 157 Å². The van der Waals surface area contributed by atoms with Crippen LogP contribution in [0.15, 0.2) is 88.6 Å². The number of fused-ring (bicyclic) bond motifs is 10. The highest BCUT2D eigenvalue weighted by Crippen LogP contribution is 2.45. The van der Waals surface area contributed by atoms with E-state index in [9.17, 15) is 67.7 Å². The van der Waals surface area contributed by atoms with Gasteiger partial charge in [0.25, 0.3) is 11.1 Å². The summed E-state index contributed by atoms with van der Waals surface area (Å²) in [6.45, 7) is 27.1. The average molecular weight is 1710 g/mol. The van der Waals surface area contributed by atoms with Gasteiger partial charge in [-0.25, -0.2) is 29.1 Å². The smallest absolute Gasteiger partial charge is 0.508 e. The number of benzene rings is 3. The second-order valence-corrected chi connectivity index (χ2v) is 30.5. The number of nitrogens with one attached hydrogen (secondary N) is 3. The molecule has 1 unspecified atom stereocenters. The number of aromatic hydroxyl groups is 2. The summed E-state index contributed by atoms with van der Waals surface area (Å²) in [5.41, 5.74) is 7.76. The number of carbonyl (C=O) groups is 10. The molecule has 3 aromatic carbocycles. The van der Waals surface area contributed by atoms with E-state index in [1.807, 2.05) is 72.0 Å². The minimum Gasteiger partial charge on any atom is -0.508 e. The molecule has 124 heavy (non-hydrogen) atoms. The standard InChI is InChI=1S/C25H24N2O7.C24H22N2O6.C18H27N5O3.C12H23NO5.C11H15NO2/c1-4-14-15-9-13(28)7-8-19(15)26-21-16(14)11-27-20(21)10-18-17(22(27)29)12-33-23(30)25(18,5-2)34-24(31)32-6-3;1-4-14-15-8-13(28)6-7-19(15)25-21-16(14)10-26-20(21)9-18-17(22(26)29)11-31-23(30)24(18,5-2)32-12(3)27;1-3-22-11-15(20-21-22)9-19-17(25)14-6-4-13(5-7-14)10-23-16(24)8-12(2)18(23)26;1-3-11(14)9-18-10-12(15)13-5-6-17-8-7-16-4-2;1-3-12-11(13)14-8-10-6-4-9(2)5-7-10/h7-10,28H,4-6,11-12H2,1-3H3;6-9,28H,4-5,10-11H2,1-3H3;11-14H,3-10H2,1-2H3,(H,19,25);3-10H2,1-2H3,(H,13,15);4-7H,3,8H2,1-2H3,(H,12,13)/t25-;24-;;;/m00.../s1. The van der Waals surface area contributed by atoms with Gasteiger partial charge in [-0.1, -0.05) is 76.6 Å². The van der Waals surface area contributed by atoms with E-state index >= 15 is 0 Å². The number of imide groups is 1. The molecule has 0 radical (unpaired) electrons. The minimum atomic E-state index is -1.78. The second-order valence-electron chi connectivity index (χ2n) is 30.5. The fourth-order valence-electron chi connectivity index (χ4n) is 15.8. The van der Waals surface area contributed by atoms with Gasteiger partial charge in [0, 0.05) is 97.4 Å². The van der Waals surface area contributed by atoms with Crippen LogP contribution >= 0.6 is 0 Å². The largest absolute Gasteiger partial charge is 0.509 e. The zero-order valence-electron chi connectivity index (χ0n) is 72.4. The first-order valence-corrected chi connectivity index (χ1v) is 42.3. The molecule has 34 nitrogen and oxygen atoms in total. The lowest BCUT2D eigenvalue weighted by Gasteiger charge is -2.35. The van der Waals surface area contributed by atoms with Crippen molar-refractivity contribution in [2.45, 2.75) is 204 Å². The summed E-state index contributed by atoms with van der Waals surface area (Å²) >= 11 is 0. The van der Waals surface area contributed by atoms with E-state index in [0.717, 1.165) is 76.5 Å². The van der Waals surface area contributed by atoms with E-state index in [0.29, 0.717) is 154 Å². The highest BCUT2D eigenvalue weighted by atomic mass is 16.7. The molecule has 5 aliphatic heterocycles. The van der Waals surface area contributed by atoms with Crippen molar-refractivity contribution in [3.8, 4) is 34.3 Å². The number of hydrogen-bond donors (Lipinski definition) is 5. The third kappa shape index (κ3) is 21.8. The zero-order chi connectivity index (χ0) is 89.7. The number of hydrogen-bond acceptors (Lipinski definition) is 27. The SMILES string of the molecule is CCNC(=O)OCc1ccc(C)cc1.CCOC(=O)O[C@]1(CC)C(=O)OCc2c1cc1n(c2=O)Cc2c-1nc1ccc(O)cc1c2CC.CCOCCOCCNC(=O)COCC(=O)CC.CCc1c2c(nc3ccc(O)cc13)-c1cc3c(c(=O)n1C2)COC(=O)[C@@]3(CC)OC(C)=O.CCn1cc(CNC(=O)C2CCC(CN3C(=O)CC(C)C3=O)CC2)nn1. The fourth-order valence-corrected chi connectivity index (χ4v) is 15.8. The number of nitrogens with zero attached hydrogens (tertiary/aromatic N) is 8. The Labute approximate surface area is 717 Å². The molecule has 14 rings (SSSR count). The summed E-state index contributed by atoms with van der Waals surface area (Å²) in [5, 5.41) is 37.8. The molecule has 10 heterocycles. The van der Waals surface area contributed by atoms with Gasteiger partial charge in [0.05, 0.1) is 97.2 Å². The second kappa shape index (κ2) is 43.2. The molecule has 5 amide bonds. The normalized spacial score (nSPS) is 17.9. The number of aryl methyl sites for hydroxylation is 4. The van der Waals surface area contributed by atoms with Crippen LogP contribution in [0.3, 0.4) is 0 Å². The van der Waals surface area contributed by atoms with E-state index in [4.69, 9.17) is 52.6 Å². The van der Waals surface area contributed by atoms with Crippen LogP contribution in [-0.2, 0) is 151 Å². The lowest BCUT2D eigenvalue weighted by molar-refractivity contribution is -0.188. The highest BCUT2D eigenvalue weighted by molar-refractivity contribution is 6.03. The van der Waals surface area contributed by atoms with Gasteiger partial charge in [0.2, 0.25) is 34.8 Å². The van der Waals surface area contributed by atoms with Gasteiger partial charge in [-0.3, -0.25) is 47.9 Å². The summed E-state index contributed by atoms with van der Waals surface area (Å²) in [6.07, 6.45) is 6.13. The number of phenols is 2. The predicted octanol–water partition coefficient (Wildman–Crippen LogP) is 9.95. The van der Waals surface area contributed by atoms with Crippen molar-refractivity contribution in [3.05, 3.63) is 161 Å². The Balaban J connectivity index is 0.000000168. The number of alkyl carbamates (subject to hydrolysis) is 1. The van der Waals surface area contributed by atoms with Gasteiger partial charge in [-0.2, -0.15) is 0 Å². The zero-order valence-corrected chi connectivity index (χ0v) is 72.4. The van der Waals surface area contributed by atoms with Crippen molar-refractivity contribution in [2.75, 3.05) is 65.9 Å². The summed E-state index contributed by atoms with van der Waals surface area (Å²) in [6, 6.07) is 21.4.